The van der Waals surface area contributed by atoms with Crippen LogP contribution in [0.5, 0.6) is 0 Å². The molecule has 0 aliphatic carbocycles. The van der Waals surface area contributed by atoms with Crippen molar-refractivity contribution in [3.8, 4) is 0 Å². The molecule has 0 saturated heterocycles. The molecule has 100 valence electrons. The van der Waals surface area contributed by atoms with Crippen molar-refractivity contribution >= 4 is 23.4 Å². The highest BCUT2D eigenvalue weighted by Crippen LogP contribution is 2.25. The molecule has 2 aromatic carbocycles. The van der Waals surface area contributed by atoms with E-state index in [0.717, 1.165) is 16.3 Å². The maximum atomic E-state index is 5.89. The van der Waals surface area contributed by atoms with Crippen LogP contribution in [-0.2, 0) is 0 Å². The molecule has 2 nitrogen and oxygen atoms in total. The highest BCUT2D eigenvalue weighted by molar-refractivity contribution is 7.99. The summed E-state index contributed by atoms with van der Waals surface area (Å²) in [5.74, 6) is 6.52. The Hall–Kier alpha value is -1.00. The smallest absolute Gasteiger partial charge is 0.0553 e. The molecule has 0 radical (unpaired) electrons. The SMILES string of the molecule is Cc1cccc(SCC(NN)c2ccc(Cl)cc2)c1. The van der Waals surface area contributed by atoms with Crippen molar-refractivity contribution in [2.45, 2.75) is 17.9 Å². The molecule has 0 fully saturated rings. The van der Waals surface area contributed by atoms with Crippen molar-refractivity contribution < 1.29 is 0 Å². The van der Waals surface area contributed by atoms with Gasteiger partial charge in [0.2, 0.25) is 0 Å². The lowest BCUT2D eigenvalue weighted by Gasteiger charge is -2.16. The monoisotopic (exact) mass is 292 g/mol. The largest absolute Gasteiger partial charge is 0.271 e. The second-order valence-corrected chi connectivity index (χ2v) is 5.93. The van der Waals surface area contributed by atoms with Gasteiger partial charge in [0.25, 0.3) is 0 Å². The van der Waals surface area contributed by atoms with Crippen LogP contribution in [0.1, 0.15) is 17.2 Å². The molecule has 4 heteroatoms. The fourth-order valence-corrected chi connectivity index (χ4v) is 3.04. The third kappa shape index (κ3) is 4.25. The molecule has 0 aliphatic heterocycles. The first kappa shape index (κ1) is 14.4. The lowest BCUT2D eigenvalue weighted by molar-refractivity contribution is 0.611. The molecule has 0 spiro atoms. The quantitative estimate of drug-likeness (QED) is 0.498. The van der Waals surface area contributed by atoms with Gasteiger partial charge in [0.1, 0.15) is 0 Å². The summed E-state index contributed by atoms with van der Waals surface area (Å²) in [6, 6.07) is 16.4. The van der Waals surface area contributed by atoms with Crippen LogP contribution in [0, 0.1) is 6.92 Å². The van der Waals surface area contributed by atoms with E-state index in [1.165, 1.54) is 10.5 Å². The minimum Gasteiger partial charge on any atom is -0.271 e. The van der Waals surface area contributed by atoms with Gasteiger partial charge in [-0.25, -0.2) is 0 Å². The molecular formula is C15H17ClN2S. The normalized spacial score (nSPS) is 12.4. The van der Waals surface area contributed by atoms with Crippen LogP contribution in [0.15, 0.2) is 53.4 Å². The summed E-state index contributed by atoms with van der Waals surface area (Å²) in [5.41, 5.74) is 5.28. The van der Waals surface area contributed by atoms with Crippen molar-refractivity contribution in [3.63, 3.8) is 0 Å². The van der Waals surface area contributed by atoms with Gasteiger partial charge in [-0.05, 0) is 36.8 Å². The second-order valence-electron chi connectivity index (χ2n) is 4.40. The molecular weight excluding hydrogens is 276 g/mol. The highest BCUT2D eigenvalue weighted by Gasteiger charge is 2.10. The molecule has 1 unspecified atom stereocenters. The fourth-order valence-electron chi connectivity index (χ4n) is 1.82. The number of halogens is 1. The van der Waals surface area contributed by atoms with Crippen molar-refractivity contribution in [2.24, 2.45) is 5.84 Å². The van der Waals surface area contributed by atoms with Crippen LogP contribution in [0.25, 0.3) is 0 Å². The predicted molar refractivity (Wildman–Crippen MR) is 83.4 cm³/mol. The van der Waals surface area contributed by atoms with E-state index in [9.17, 15) is 0 Å². The Morgan fingerprint density at radius 2 is 1.95 bits per heavy atom. The molecule has 0 bridgehead atoms. The Morgan fingerprint density at radius 3 is 2.58 bits per heavy atom. The van der Waals surface area contributed by atoms with Crippen LogP contribution in [0.4, 0.5) is 0 Å². The number of nitrogens with two attached hydrogens (primary N) is 1. The molecule has 0 amide bonds. The van der Waals surface area contributed by atoms with Crippen molar-refractivity contribution in [3.05, 3.63) is 64.7 Å². The Bertz CT molecular complexity index is 528. The Balaban J connectivity index is 2.01. The number of hydrazine groups is 1. The van der Waals surface area contributed by atoms with E-state index >= 15 is 0 Å². The molecule has 0 saturated carbocycles. The van der Waals surface area contributed by atoms with Crippen molar-refractivity contribution in [2.75, 3.05) is 5.75 Å². The average Bonchev–Trinajstić information content (AvgIpc) is 2.41. The van der Waals surface area contributed by atoms with E-state index < -0.39 is 0 Å². The fraction of sp³-hybridized carbons (Fsp3) is 0.200. The zero-order valence-corrected chi connectivity index (χ0v) is 12.3. The third-order valence-corrected chi connectivity index (χ3v) is 4.22. The minimum absolute atomic E-state index is 0.114. The maximum absolute atomic E-state index is 5.89. The van der Waals surface area contributed by atoms with Gasteiger partial charge in [0.05, 0.1) is 6.04 Å². The van der Waals surface area contributed by atoms with Gasteiger partial charge in [-0.1, -0.05) is 41.4 Å². The standard InChI is InChI=1S/C15H17ClN2S/c1-11-3-2-4-14(9-11)19-10-15(18-17)12-5-7-13(16)8-6-12/h2-9,15,18H,10,17H2,1H3. The van der Waals surface area contributed by atoms with E-state index in [2.05, 4.69) is 36.6 Å². The van der Waals surface area contributed by atoms with Crippen LogP contribution in [0.3, 0.4) is 0 Å². The Morgan fingerprint density at radius 1 is 1.21 bits per heavy atom. The van der Waals surface area contributed by atoms with Gasteiger partial charge in [0.15, 0.2) is 0 Å². The van der Waals surface area contributed by atoms with E-state index in [1.807, 2.05) is 24.3 Å². The molecule has 19 heavy (non-hydrogen) atoms. The molecule has 3 N–H and O–H groups in total. The summed E-state index contributed by atoms with van der Waals surface area (Å²) in [4.78, 5) is 1.26. The van der Waals surface area contributed by atoms with Crippen LogP contribution in [0.2, 0.25) is 5.02 Å². The Kier molecular flexibility index (Phi) is 5.28. The number of rotatable bonds is 5. The summed E-state index contributed by atoms with van der Waals surface area (Å²) < 4.78 is 0. The summed E-state index contributed by atoms with van der Waals surface area (Å²) in [7, 11) is 0. The zero-order valence-electron chi connectivity index (χ0n) is 10.8. The lowest BCUT2D eigenvalue weighted by atomic mass is 10.1. The van der Waals surface area contributed by atoms with Gasteiger partial charge in [-0.15, -0.1) is 11.8 Å². The summed E-state index contributed by atoms with van der Waals surface area (Å²) >= 11 is 7.68. The summed E-state index contributed by atoms with van der Waals surface area (Å²) in [5, 5.41) is 0.742. The number of hydrogen-bond acceptors (Lipinski definition) is 3. The first-order valence-corrected chi connectivity index (χ1v) is 7.46. The first-order chi connectivity index (χ1) is 9.19. The summed E-state index contributed by atoms with van der Waals surface area (Å²) in [6.45, 7) is 2.10. The number of aryl methyl sites for hydroxylation is 1. The Labute approximate surface area is 123 Å². The molecule has 1 atom stereocenters. The number of hydrogen-bond donors (Lipinski definition) is 2. The van der Waals surface area contributed by atoms with Crippen molar-refractivity contribution in [1.82, 2.24) is 5.43 Å². The van der Waals surface area contributed by atoms with E-state index in [1.54, 1.807) is 11.8 Å². The maximum Gasteiger partial charge on any atom is 0.0553 e. The molecule has 2 aromatic rings. The lowest BCUT2D eigenvalue weighted by Crippen LogP contribution is -2.29. The first-order valence-electron chi connectivity index (χ1n) is 6.10. The number of benzene rings is 2. The average molecular weight is 293 g/mol. The van der Waals surface area contributed by atoms with Gasteiger partial charge in [-0.3, -0.25) is 11.3 Å². The minimum atomic E-state index is 0.114. The number of thioether (sulfide) groups is 1. The van der Waals surface area contributed by atoms with E-state index in [4.69, 9.17) is 17.4 Å². The number of nitrogens with one attached hydrogen (secondary N) is 1. The molecule has 2 rings (SSSR count). The molecule has 0 aliphatic rings. The van der Waals surface area contributed by atoms with Crippen LogP contribution in [-0.4, -0.2) is 5.75 Å². The van der Waals surface area contributed by atoms with E-state index in [0.29, 0.717) is 0 Å². The molecule has 0 heterocycles. The van der Waals surface area contributed by atoms with Gasteiger partial charge in [0, 0.05) is 15.7 Å². The van der Waals surface area contributed by atoms with Gasteiger partial charge in [-0.2, -0.15) is 0 Å². The summed E-state index contributed by atoms with van der Waals surface area (Å²) in [6.07, 6.45) is 0. The van der Waals surface area contributed by atoms with Crippen LogP contribution >= 0.6 is 23.4 Å². The second kappa shape index (κ2) is 6.96. The van der Waals surface area contributed by atoms with Gasteiger partial charge < -0.3 is 0 Å². The van der Waals surface area contributed by atoms with E-state index in [-0.39, 0.29) is 6.04 Å². The highest BCUT2D eigenvalue weighted by atomic mass is 35.5. The zero-order chi connectivity index (χ0) is 13.7. The van der Waals surface area contributed by atoms with Crippen LogP contribution < -0.4 is 11.3 Å². The topological polar surface area (TPSA) is 38.0 Å². The third-order valence-electron chi connectivity index (χ3n) is 2.88. The van der Waals surface area contributed by atoms with Crippen molar-refractivity contribution in [1.29, 1.82) is 0 Å². The molecule has 0 aromatic heterocycles. The van der Waals surface area contributed by atoms with Gasteiger partial charge >= 0.3 is 0 Å². The predicted octanol–water partition coefficient (Wildman–Crippen LogP) is 3.95.